The van der Waals surface area contributed by atoms with Crippen LogP contribution < -0.4 is 9.47 Å². The van der Waals surface area contributed by atoms with Crippen molar-refractivity contribution >= 4 is 10.9 Å². The summed E-state index contributed by atoms with van der Waals surface area (Å²) in [6.45, 7) is 2.62. The van der Waals surface area contributed by atoms with E-state index in [9.17, 15) is 10.2 Å². The topological polar surface area (TPSA) is 78.0 Å². The number of aromatic nitrogens is 1. The number of benzene rings is 2. The van der Waals surface area contributed by atoms with E-state index in [0.717, 1.165) is 53.7 Å². The van der Waals surface area contributed by atoms with Gasteiger partial charge in [-0.15, -0.1) is 0 Å². The molecule has 1 aromatic heterocycles. The fourth-order valence-corrected chi connectivity index (χ4v) is 4.44. The lowest BCUT2D eigenvalue weighted by atomic mass is 9.88. The summed E-state index contributed by atoms with van der Waals surface area (Å²) in [6, 6.07) is 13.7. The molecule has 1 fully saturated rings. The summed E-state index contributed by atoms with van der Waals surface area (Å²) >= 11 is 0. The second-order valence-corrected chi connectivity index (χ2v) is 7.64. The van der Waals surface area contributed by atoms with Gasteiger partial charge in [0.1, 0.15) is 0 Å². The smallest absolute Gasteiger partial charge is 0.231 e. The molecule has 2 aliphatic heterocycles. The van der Waals surface area contributed by atoms with Crippen LogP contribution in [-0.4, -0.2) is 46.5 Å². The maximum absolute atomic E-state index is 10.7. The number of β-amino-alcohol motifs (C(OH)–C–C–N with tert-alkyl or cyclic N) is 1. The van der Waals surface area contributed by atoms with Gasteiger partial charge < -0.3 is 29.6 Å². The Bertz CT molecular complexity index is 991. The number of piperidine rings is 1. The zero-order chi connectivity index (χ0) is 19.1. The number of hydrogen-bond acceptors (Lipinski definition) is 5. The monoisotopic (exact) mass is 380 g/mol. The van der Waals surface area contributed by atoms with E-state index in [-0.39, 0.29) is 6.79 Å². The van der Waals surface area contributed by atoms with Crippen LogP contribution in [0.5, 0.6) is 17.4 Å². The average molecular weight is 380 g/mol. The van der Waals surface area contributed by atoms with Crippen molar-refractivity contribution in [1.82, 2.24) is 9.88 Å². The number of para-hydroxylation sites is 1. The normalized spacial score (nSPS) is 18.6. The molecule has 3 N–H and O–H groups in total. The molecule has 146 valence electrons. The quantitative estimate of drug-likeness (QED) is 0.646. The predicted molar refractivity (Wildman–Crippen MR) is 106 cm³/mol. The zero-order valence-electron chi connectivity index (χ0n) is 15.6. The second kappa shape index (κ2) is 7.04. The molecule has 0 saturated carbocycles. The molecule has 0 spiro atoms. The molecule has 6 heteroatoms. The van der Waals surface area contributed by atoms with Crippen LogP contribution in [0.3, 0.4) is 0 Å². The maximum Gasteiger partial charge on any atom is 0.231 e. The van der Waals surface area contributed by atoms with E-state index >= 15 is 0 Å². The van der Waals surface area contributed by atoms with Crippen LogP contribution >= 0.6 is 0 Å². The van der Waals surface area contributed by atoms with Crippen molar-refractivity contribution in [2.24, 2.45) is 0 Å². The minimum absolute atomic E-state index is 0.239. The molecule has 1 unspecified atom stereocenters. The minimum atomic E-state index is -0.562. The first-order valence-electron chi connectivity index (χ1n) is 9.78. The van der Waals surface area contributed by atoms with E-state index in [1.165, 1.54) is 0 Å². The van der Waals surface area contributed by atoms with Gasteiger partial charge in [-0.1, -0.05) is 24.3 Å². The third-order valence-corrected chi connectivity index (χ3v) is 5.93. The van der Waals surface area contributed by atoms with Crippen molar-refractivity contribution in [3.05, 3.63) is 53.6 Å². The van der Waals surface area contributed by atoms with Crippen LogP contribution in [0.2, 0.25) is 0 Å². The number of rotatable bonds is 4. The average Bonchev–Trinajstić information content (AvgIpc) is 3.31. The molecular weight excluding hydrogens is 356 g/mol. The molecule has 1 atom stereocenters. The number of ether oxygens (including phenoxy) is 2. The molecule has 3 heterocycles. The lowest BCUT2D eigenvalue weighted by Gasteiger charge is -2.33. The van der Waals surface area contributed by atoms with E-state index in [1.807, 2.05) is 36.4 Å². The molecule has 0 radical (unpaired) electrons. The fraction of sp³-hybridized carbons (Fsp3) is 0.364. The number of aromatic hydroxyl groups is 1. The van der Waals surface area contributed by atoms with Gasteiger partial charge in [0, 0.05) is 23.0 Å². The molecule has 0 amide bonds. The van der Waals surface area contributed by atoms with Gasteiger partial charge in [-0.05, 0) is 55.6 Å². The SMILES string of the molecule is Oc1[nH]c2ccccc2c1C1CCN(CC(O)c2ccc3c(c2)OCO3)CC1. The molecule has 2 aromatic carbocycles. The van der Waals surface area contributed by atoms with Crippen molar-refractivity contribution in [1.29, 1.82) is 0 Å². The Morgan fingerprint density at radius 2 is 1.86 bits per heavy atom. The van der Waals surface area contributed by atoms with E-state index in [1.54, 1.807) is 0 Å². The Labute approximate surface area is 163 Å². The van der Waals surface area contributed by atoms with Crippen molar-refractivity contribution in [3.63, 3.8) is 0 Å². The number of nitrogens with zero attached hydrogens (tertiary/aromatic N) is 1. The zero-order valence-corrected chi connectivity index (χ0v) is 15.6. The predicted octanol–water partition coefficient (Wildman–Crippen LogP) is 3.52. The second-order valence-electron chi connectivity index (χ2n) is 7.64. The molecule has 0 bridgehead atoms. The van der Waals surface area contributed by atoms with Crippen molar-refractivity contribution in [3.8, 4) is 17.4 Å². The number of hydrogen-bond donors (Lipinski definition) is 3. The molecule has 28 heavy (non-hydrogen) atoms. The summed E-state index contributed by atoms with van der Waals surface area (Å²) in [5, 5.41) is 22.2. The lowest BCUT2D eigenvalue weighted by Crippen LogP contribution is -2.36. The summed E-state index contributed by atoms with van der Waals surface area (Å²) in [5.74, 6) is 2.05. The molecule has 1 saturated heterocycles. The van der Waals surface area contributed by atoms with E-state index < -0.39 is 6.10 Å². The molecule has 5 rings (SSSR count). The Kier molecular flexibility index (Phi) is 4.37. The standard InChI is InChI=1S/C22H24N2O4/c25-18(15-5-6-19-20(11-15)28-13-27-19)12-24-9-7-14(8-10-24)21-16-3-1-2-4-17(16)23-22(21)26/h1-6,11,14,18,23,25-26H,7-10,12-13H2. The van der Waals surface area contributed by atoms with E-state index in [4.69, 9.17) is 9.47 Å². The molecule has 2 aliphatic rings. The van der Waals surface area contributed by atoms with Crippen LogP contribution in [0.4, 0.5) is 0 Å². The number of nitrogens with one attached hydrogen (secondary N) is 1. The van der Waals surface area contributed by atoms with Crippen molar-refractivity contribution in [2.75, 3.05) is 26.4 Å². The summed E-state index contributed by atoms with van der Waals surface area (Å²) in [4.78, 5) is 5.38. The van der Waals surface area contributed by atoms with Crippen molar-refractivity contribution in [2.45, 2.75) is 24.9 Å². The fourth-order valence-electron chi connectivity index (χ4n) is 4.44. The highest BCUT2D eigenvalue weighted by molar-refractivity contribution is 5.86. The number of likely N-dealkylation sites (tertiary alicyclic amines) is 1. The van der Waals surface area contributed by atoms with Gasteiger partial charge in [-0.25, -0.2) is 0 Å². The van der Waals surface area contributed by atoms with Gasteiger partial charge in [0.25, 0.3) is 0 Å². The van der Waals surface area contributed by atoms with Gasteiger partial charge >= 0.3 is 0 Å². The minimum Gasteiger partial charge on any atom is -0.494 e. The third-order valence-electron chi connectivity index (χ3n) is 5.93. The summed E-state index contributed by atoms with van der Waals surface area (Å²) in [5.41, 5.74) is 2.86. The van der Waals surface area contributed by atoms with Crippen LogP contribution in [0, 0.1) is 0 Å². The first-order valence-corrected chi connectivity index (χ1v) is 9.78. The van der Waals surface area contributed by atoms with E-state index in [2.05, 4.69) is 16.0 Å². The number of aliphatic hydroxyl groups is 1. The summed E-state index contributed by atoms with van der Waals surface area (Å²) in [7, 11) is 0. The number of fused-ring (bicyclic) bond motifs is 2. The summed E-state index contributed by atoms with van der Waals surface area (Å²) < 4.78 is 10.7. The van der Waals surface area contributed by atoms with Gasteiger partial charge in [0.05, 0.1) is 6.10 Å². The molecular formula is C22H24N2O4. The third kappa shape index (κ3) is 3.08. The Morgan fingerprint density at radius 3 is 2.71 bits per heavy atom. The highest BCUT2D eigenvalue weighted by Gasteiger charge is 2.27. The molecule has 0 aliphatic carbocycles. The molecule has 3 aromatic rings. The van der Waals surface area contributed by atoms with Crippen molar-refractivity contribution < 1.29 is 19.7 Å². The summed E-state index contributed by atoms with van der Waals surface area (Å²) in [6.07, 6.45) is 1.36. The van der Waals surface area contributed by atoms with Gasteiger partial charge in [-0.3, -0.25) is 0 Å². The number of aliphatic hydroxyl groups excluding tert-OH is 1. The lowest BCUT2D eigenvalue weighted by molar-refractivity contribution is 0.0969. The van der Waals surface area contributed by atoms with Gasteiger partial charge in [0.2, 0.25) is 6.79 Å². The largest absolute Gasteiger partial charge is 0.494 e. The molecule has 6 nitrogen and oxygen atoms in total. The van der Waals surface area contributed by atoms with Crippen LogP contribution in [0.15, 0.2) is 42.5 Å². The van der Waals surface area contributed by atoms with Gasteiger partial charge in [0.15, 0.2) is 17.4 Å². The Hall–Kier alpha value is -2.70. The van der Waals surface area contributed by atoms with Gasteiger partial charge in [-0.2, -0.15) is 0 Å². The van der Waals surface area contributed by atoms with Crippen LogP contribution in [0.1, 0.15) is 36.0 Å². The highest BCUT2D eigenvalue weighted by atomic mass is 16.7. The highest BCUT2D eigenvalue weighted by Crippen LogP contribution is 2.39. The number of aromatic amines is 1. The first kappa shape index (κ1) is 17.4. The van der Waals surface area contributed by atoms with Crippen LogP contribution in [-0.2, 0) is 0 Å². The van der Waals surface area contributed by atoms with E-state index in [0.29, 0.717) is 24.1 Å². The number of H-pyrrole nitrogens is 1. The Morgan fingerprint density at radius 1 is 1.07 bits per heavy atom. The Balaban J connectivity index is 1.24. The van der Waals surface area contributed by atoms with Crippen LogP contribution in [0.25, 0.3) is 10.9 Å². The first-order chi connectivity index (χ1) is 13.7. The maximum atomic E-state index is 10.7.